The minimum absolute atomic E-state index is 0.0398. The Balaban J connectivity index is 1.21. The molecule has 3 aromatic rings. The van der Waals surface area contributed by atoms with Gasteiger partial charge in [0.1, 0.15) is 5.75 Å². The number of carbonyl (C=O) groups is 2. The molecule has 28 heavy (non-hydrogen) atoms. The number of rotatable bonds is 7. The molecule has 1 aliphatic heterocycles. The Hall–Kier alpha value is -2.93. The van der Waals surface area contributed by atoms with E-state index in [2.05, 4.69) is 10.3 Å². The maximum absolute atomic E-state index is 12.0. The number of fused-ring (bicyclic) bond motifs is 1. The second kappa shape index (κ2) is 8.39. The van der Waals surface area contributed by atoms with Crippen LogP contribution in [0.2, 0.25) is 0 Å². The zero-order valence-electron chi connectivity index (χ0n) is 15.4. The maximum Gasteiger partial charge on any atom is 0.257 e. The van der Waals surface area contributed by atoms with Gasteiger partial charge in [-0.05, 0) is 42.8 Å². The van der Waals surface area contributed by atoms with Crippen molar-refractivity contribution in [1.29, 1.82) is 0 Å². The van der Waals surface area contributed by atoms with E-state index in [1.54, 1.807) is 28.4 Å². The summed E-state index contributed by atoms with van der Waals surface area (Å²) in [6, 6.07) is 15.3. The van der Waals surface area contributed by atoms with Crippen LogP contribution in [0, 0.1) is 0 Å². The Morgan fingerprint density at radius 1 is 1.18 bits per heavy atom. The van der Waals surface area contributed by atoms with E-state index < -0.39 is 0 Å². The zero-order chi connectivity index (χ0) is 19.3. The molecule has 1 N–H and O–H groups in total. The second-order valence-corrected chi connectivity index (χ2v) is 7.72. The summed E-state index contributed by atoms with van der Waals surface area (Å²) >= 11 is 1.65. The third kappa shape index (κ3) is 4.31. The number of carbonyl (C=O) groups excluding carboxylic acids is 2. The topological polar surface area (TPSA) is 71.5 Å². The van der Waals surface area contributed by atoms with E-state index in [9.17, 15) is 9.59 Å². The first-order valence-electron chi connectivity index (χ1n) is 9.33. The summed E-state index contributed by atoms with van der Waals surface area (Å²) in [4.78, 5) is 30.1. The number of nitrogens with zero attached hydrogens (tertiary/aromatic N) is 2. The Labute approximate surface area is 167 Å². The van der Waals surface area contributed by atoms with E-state index in [4.69, 9.17) is 4.74 Å². The minimum atomic E-state index is -0.167. The molecule has 0 radical (unpaired) electrons. The number of para-hydroxylation sites is 1. The molecule has 2 aromatic carbocycles. The standard InChI is InChI=1S/C21H21N3O3S/c25-19(22-12-11-20-23-17-4-1-2-5-18(17)28-20)14-27-16-9-7-15(8-10-16)24-13-3-6-21(24)26/h1-2,4-5,7-10H,3,6,11-14H2,(H,22,25). The highest BCUT2D eigenvalue weighted by Crippen LogP contribution is 2.24. The quantitative estimate of drug-likeness (QED) is 0.667. The van der Waals surface area contributed by atoms with E-state index >= 15 is 0 Å². The maximum atomic E-state index is 12.0. The number of thiazole rings is 1. The van der Waals surface area contributed by atoms with Crippen molar-refractivity contribution in [3.05, 3.63) is 53.5 Å². The first kappa shape index (κ1) is 18.4. The highest BCUT2D eigenvalue weighted by atomic mass is 32.1. The van der Waals surface area contributed by atoms with Crippen LogP contribution in [0.1, 0.15) is 17.8 Å². The van der Waals surface area contributed by atoms with Gasteiger partial charge in [0.2, 0.25) is 5.91 Å². The molecule has 1 aliphatic rings. The molecule has 0 unspecified atom stereocenters. The number of ether oxygens (including phenoxy) is 1. The molecular formula is C21H21N3O3S. The second-order valence-electron chi connectivity index (χ2n) is 6.61. The van der Waals surface area contributed by atoms with Crippen LogP contribution in [-0.2, 0) is 16.0 Å². The summed E-state index contributed by atoms with van der Waals surface area (Å²) < 4.78 is 6.69. The molecule has 0 bridgehead atoms. The van der Waals surface area contributed by atoms with Crippen LogP contribution in [0.5, 0.6) is 5.75 Å². The van der Waals surface area contributed by atoms with Crippen molar-refractivity contribution in [3.8, 4) is 5.75 Å². The van der Waals surface area contributed by atoms with Crippen molar-refractivity contribution in [2.45, 2.75) is 19.3 Å². The van der Waals surface area contributed by atoms with E-state index in [1.165, 1.54) is 0 Å². The molecule has 4 rings (SSSR count). The van der Waals surface area contributed by atoms with Crippen molar-refractivity contribution < 1.29 is 14.3 Å². The van der Waals surface area contributed by atoms with Crippen molar-refractivity contribution in [1.82, 2.24) is 10.3 Å². The SMILES string of the molecule is O=C(COc1ccc(N2CCCC2=O)cc1)NCCc1nc2ccccc2s1. The summed E-state index contributed by atoms with van der Waals surface area (Å²) in [5.41, 5.74) is 1.87. The lowest BCUT2D eigenvalue weighted by atomic mass is 10.3. The number of hydrogen-bond donors (Lipinski definition) is 1. The third-order valence-corrected chi connectivity index (χ3v) is 5.69. The molecule has 0 aliphatic carbocycles. The number of benzene rings is 2. The number of hydrogen-bond acceptors (Lipinski definition) is 5. The average Bonchev–Trinajstić information content (AvgIpc) is 3.32. The number of anilines is 1. The smallest absolute Gasteiger partial charge is 0.257 e. The Morgan fingerprint density at radius 2 is 2.00 bits per heavy atom. The fourth-order valence-corrected chi connectivity index (χ4v) is 4.15. The molecule has 0 spiro atoms. The van der Waals surface area contributed by atoms with Gasteiger partial charge in [0, 0.05) is 31.6 Å². The fourth-order valence-electron chi connectivity index (χ4n) is 3.18. The van der Waals surface area contributed by atoms with Gasteiger partial charge < -0.3 is 15.0 Å². The molecule has 0 saturated carbocycles. The largest absolute Gasteiger partial charge is 0.484 e. The summed E-state index contributed by atoms with van der Waals surface area (Å²) in [6.07, 6.45) is 2.20. The first-order valence-corrected chi connectivity index (χ1v) is 10.1. The van der Waals surface area contributed by atoms with Gasteiger partial charge in [0.05, 0.1) is 15.2 Å². The first-order chi connectivity index (χ1) is 13.7. The summed E-state index contributed by atoms with van der Waals surface area (Å²) in [6.45, 7) is 1.25. The number of nitrogens with one attached hydrogen (secondary N) is 1. The highest BCUT2D eigenvalue weighted by Gasteiger charge is 2.21. The lowest BCUT2D eigenvalue weighted by Crippen LogP contribution is -2.30. The molecule has 2 heterocycles. The van der Waals surface area contributed by atoms with Crippen LogP contribution < -0.4 is 15.0 Å². The van der Waals surface area contributed by atoms with Gasteiger partial charge in [-0.1, -0.05) is 12.1 Å². The Kier molecular flexibility index (Phi) is 5.53. The Bertz CT molecular complexity index is 951. The zero-order valence-corrected chi connectivity index (χ0v) is 16.2. The van der Waals surface area contributed by atoms with Crippen LogP contribution in [0.4, 0.5) is 5.69 Å². The van der Waals surface area contributed by atoms with Gasteiger partial charge in [-0.25, -0.2) is 4.98 Å². The summed E-state index contributed by atoms with van der Waals surface area (Å²) in [7, 11) is 0. The van der Waals surface area contributed by atoms with Gasteiger partial charge in [-0.2, -0.15) is 0 Å². The van der Waals surface area contributed by atoms with Crippen LogP contribution >= 0.6 is 11.3 Å². The molecule has 7 heteroatoms. The van der Waals surface area contributed by atoms with Gasteiger partial charge in [0.25, 0.3) is 5.91 Å². The van der Waals surface area contributed by atoms with Crippen molar-refractivity contribution in [3.63, 3.8) is 0 Å². The molecule has 6 nitrogen and oxygen atoms in total. The van der Waals surface area contributed by atoms with E-state index in [-0.39, 0.29) is 18.4 Å². The van der Waals surface area contributed by atoms with Crippen LogP contribution in [0.15, 0.2) is 48.5 Å². The molecule has 0 atom stereocenters. The molecule has 1 saturated heterocycles. The average molecular weight is 395 g/mol. The van der Waals surface area contributed by atoms with Crippen molar-refractivity contribution in [2.75, 3.05) is 24.6 Å². The molecular weight excluding hydrogens is 374 g/mol. The van der Waals surface area contributed by atoms with Gasteiger partial charge in [0.15, 0.2) is 6.61 Å². The highest BCUT2D eigenvalue weighted by molar-refractivity contribution is 7.18. The monoisotopic (exact) mass is 395 g/mol. The van der Waals surface area contributed by atoms with E-state index in [1.807, 2.05) is 36.4 Å². The van der Waals surface area contributed by atoms with Gasteiger partial charge in [-0.3, -0.25) is 9.59 Å². The van der Waals surface area contributed by atoms with Crippen LogP contribution in [-0.4, -0.2) is 36.5 Å². The predicted octanol–water partition coefficient (Wildman–Crippen LogP) is 3.16. The minimum Gasteiger partial charge on any atom is -0.484 e. The Morgan fingerprint density at radius 3 is 2.75 bits per heavy atom. The summed E-state index contributed by atoms with van der Waals surface area (Å²) in [5, 5.41) is 3.87. The van der Waals surface area contributed by atoms with E-state index in [0.717, 1.165) is 33.9 Å². The molecule has 1 aromatic heterocycles. The van der Waals surface area contributed by atoms with Gasteiger partial charge >= 0.3 is 0 Å². The number of amides is 2. The van der Waals surface area contributed by atoms with Crippen molar-refractivity contribution in [2.24, 2.45) is 0 Å². The molecule has 144 valence electrons. The van der Waals surface area contributed by atoms with Gasteiger partial charge in [-0.15, -0.1) is 11.3 Å². The lowest BCUT2D eigenvalue weighted by Gasteiger charge is -2.16. The predicted molar refractivity (Wildman–Crippen MR) is 110 cm³/mol. The fraction of sp³-hybridized carbons (Fsp3) is 0.286. The number of aromatic nitrogens is 1. The summed E-state index contributed by atoms with van der Waals surface area (Å²) in [5.74, 6) is 0.595. The van der Waals surface area contributed by atoms with Crippen molar-refractivity contribution >= 4 is 39.1 Å². The normalized spacial score (nSPS) is 13.9. The lowest BCUT2D eigenvalue weighted by molar-refractivity contribution is -0.123. The molecule has 2 amide bonds. The van der Waals surface area contributed by atoms with Crippen LogP contribution in [0.3, 0.4) is 0 Å². The molecule has 1 fully saturated rings. The van der Waals surface area contributed by atoms with Crippen LogP contribution in [0.25, 0.3) is 10.2 Å². The van der Waals surface area contributed by atoms with E-state index in [0.29, 0.717) is 25.1 Å². The third-order valence-electron chi connectivity index (χ3n) is 4.59.